The maximum Gasteiger partial charge on any atom is 0.306 e. The third-order valence-corrected chi connectivity index (χ3v) is 2.30. The van der Waals surface area contributed by atoms with E-state index in [0.29, 0.717) is 25.7 Å². The van der Waals surface area contributed by atoms with E-state index < -0.39 is 0 Å². The van der Waals surface area contributed by atoms with Gasteiger partial charge in [-0.15, -0.1) is 0 Å². The van der Waals surface area contributed by atoms with Crippen molar-refractivity contribution in [1.29, 1.82) is 0 Å². The third kappa shape index (κ3) is 5.74. The third-order valence-electron chi connectivity index (χ3n) is 2.30. The molecule has 15 heavy (non-hydrogen) atoms. The van der Waals surface area contributed by atoms with Crippen molar-refractivity contribution in [3.8, 4) is 0 Å². The van der Waals surface area contributed by atoms with Crippen LogP contribution in [-0.4, -0.2) is 37.9 Å². The summed E-state index contributed by atoms with van der Waals surface area (Å²) in [5.41, 5.74) is 0. The van der Waals surface area contributed by atoms with Crippen LogP contribution >= 0.6 is 0 Å². The summed E-state index contributed by atoms with van der Waals surface area (Å²) < 4.78 is 10.4. The van der Waals surface area contributed by atoms with Crippen molar-refractivity contribution in [2.75, 3.05) is 19.8 Å². The van der Waals surface area contributed by atoms with Gasteiger partial charge in [0.05, 0.1) is 13.2 Å². The number of carbonyl (C=O) groups excluding carboxylic acids is 1. The summed E-state index contributed by atoms with van der Waals surface area (Å²) >= 11 is 0. The zero-order chi connectivity index (χ0) is 11.1. The van der Waals surface area contributed by atoms with Gasteiger partial charge in [0.25, 0.3) is 0 Å². The predicted molar refractivity (Wildman–Crippen MR) is 57.7 cm³/mol. The minimum Gasteiger partial charge on any atom is -0.460 e. The highest BCUT2D eigenvalue weighted by Gasteiger charge is 2.19. The highest BCUT2D eigenvalue weighted by molar-refractivity contribution is 5.69. The fourth-order valence-corrected chi connectivity index (χ4v) is 1.47. The first-order valence-electron chi connectivity index (χ1n) is 5.69. The number of hydrogen-bond acceptors (Lipinski definition) is 4. The van der Waals surface area contributed by atoms with Crippen molar-refractivity contribution < 1.29 is 14.3 Å². The molecule has 1 heterocycles. The van der Waals surface area contributed by atoms with E-state index in [0.717, 1.165) is 19.4 Å². The molecule has 0 saturated carbocycles. The SMILES string of the molecule is CC(C)NCCCC(=O)OC1CCOC1. The van der Waals surface area contributed by atoms with Gasteiger partial charge in [0, 0.05) is 18.9 Å². The Bertz CT molecular complexity index is 188. The van der Waals surface area contributed by atoms with Crippen molar-refractivity contribution in [3.63, 3.8) is 0 Å². The Kier molecular flexibility index (Phi) is 5.65. The minimum atomic E-state index is -0.101. The van der Waals surface area contributed by atoms with Crippen LogP contribution in [0.5, 0.6) is 0 Å². The lowest BCUT2D eigenvalue weighted by Gasteiger charge is -2.10. The lowest BCUT2D eigenvalue weighted by Crippen LogP contribution is -2.25. The quantitative estimate of drug-likeness (QED) is 0.532. The molecule has 0 aromatic carbocycles. The lowest BCUT2D eigenvalue weighted by atomic mass is 10.3. The van der Waals surface area contributed by atoms with Gasteiger partial charge >= 0.3 is 5.97 Å². The van der Waals surface area contributed by atoms with E-state index >= 15 is 0 Å². The first-order valence-corrected chi connectivity index (χ1v) is 5.69. The molecule has 0 aromatic rings. The van der Waals surface area contributed by atoms with Gasteiger partial charge in [0.2, 0.25) is 0 Å². The van der Waals surface area contributed by atoms with Crippen LogP contribution in [0.2, 0.25) is 0 Å². The first kappa shape index (κ1) is 12.5. The Morgan fingerprint density at radius 3 is 3.00 bits per heavy atom. The van der Waals surface area contributed by atoms with Crippen molar-refractivity contribution in [3.05, 3.63) is 0 Å². The molecule has 1 aliphatic rings. The van der Waals surface area contributed by atoms with Gasteiger partial charge in [-0.2, -0.15) is 0 Å². The summed E-state index contributed by atoms with van der Waals surface area (Å²) in [7, 11) is 0. The van der Waals surface area contributed by atoms with Gasteiger partial charge < -0.3 is 14.8 Å². The molecule has 1 fully saturated rings. The fourth-order valence-electron chi connectivity index (χ4n) is 1.47. The Balaban J connectivity index is 1.98. The van der Waals surface area contributed by atoms with E-state index in [1.54, 1.807) is 0 Å². The van der Waals surface area contributed by atoms with E-state index in [1.165, 1.54) is 0 Å². The van der Waals surface area contributed by atoms with Crippen molar-refractivity contribution in [1.82, 2.24) is 5.32 Å². The molecule has 0 aliphatic carbocycles. The molecule has 0 aromatic heterocycles. The van der Waals surface area contributed by atoms with Crippen LogP contribution in [0.15, 0.2) is 0 Å². The number of carbonyl (C=O) groups is 1. The van der Waals surface area contributed by atoms with Crippen molar-refractivity contribution in [2.45, 2.75) is 45.3 Å². The number of nitrogens with one attached hydrogen (secondary N) is 1. The van der Waals surface area contributed by atoms with Crippen LogP contribution in [0.25, 0.3) is 0 Å². The number of esters is 1. The molecule has 1 rings (SSSR count). The molecule has 0 radical (unpaired) electrons. The predicted octanol–water partition coefficient (Wildman–Crippen LogP) is 1.10. The zero-order valence-corrected chi connectivity index (χ0v) is 9.62. The first-order chi connectivity index (χ1) is 7.18. The fraction of sp³-hybridized carbons (Fsp3) is 0.909. The van der Waals surface area contributed by atoms with E-state index in [2.05, 4.69) is 19.2 Å². The van der Waals surface area contributed by atoms with Gasteiger partial charge in [0.1, 0.15) is 6.10 Å². The molecular formula is C11H21NO3. The van der Waals surface area contributed by atoms with E-state index in [9.17, 15) is 4.79 Å². The molecule has 4 nitrogen and oxygen atoms in total. The van der Waals surface area contributed by atoms with Crippen LogP contribution in [0, 0.1) is 0 Å². The summed E-state index contributed by atoms with van der Waals surface area (Å²) in [6.07, 6.45) is 2.17. The van der Waals surface area contributed by atoms with Gasteiger partial charge in [-0.25, -0.2) is 0 Å². The largest absolute Gasteiger partial charge is 0.460 e. The monoisotopic (exact) mass is 215 g/mol. The number of ether oxygens (including phenoxy) is 2. The van der Waals surface area contributed by atoms with E-state index in [4.69, 9.17) is 9.47 Å². The van der Waals surface area contributed by atoms with Crippen LogP contribution < -0.4 is 5.32 Å². The second-order valence-electron chi connectivity index (χ2n) is 4.19. The molecule has 0 spiro atoms. The summed E-state index contributed by atoms with van der Waals surface area (Å²) in [5.74, 6) is -0.101. The Hall–Kier alpha value is -0.610. The van der Waals surface area contributed by atoms with Crippen LogP contribution in [0.1, 0.15) is 33.1 Å². The number of hydrogen-bond donors (Lipinski definition) is 1. The molecule has 0 bridgehead atoms. The van der Waals surface area contributed by atoms with Crippen LogP contribution in [-0.2, 0) is 14.3 Å². The molecular weight excluding hydrogens is 194 g/mol. The zero-order valence-electron chi connectivity index (χ0n) is 9.62. The van der Waals surface area contributed by atoms with Gasteiger partial charge in [-0.3, -0.25) is 4.79 Å². The maximum absolute atomic E-state index is 11.3. The average Bonchev–Trinajstić information content (AvgIpc) is 2.64. The van der Waals surface area contributed by atoms with Crippen molar-refractivity contribution >= 4 is 5.97 Å². The number of rotatable bonds is 6. The normalized spacial score (nSPS) is 20.9. The summed E-state index contributed by atoms with van der Waals surface area (Å²) in [5, 5.41) is 3.26. The summed E-state index contributed by atoms with van der Waals surface area (Å²) in [4.78, 5) is 11.3. The minimum absolute atomic E-state index is 0.00411. The summed E-state index contributed by atoms with van der Waals surface area (Å²) in [6, 6.07) is 0.476. The molecule has 1 atom stereocenters. The molecule has 1 aliphatic heterocycles. The van der Waals surface area contributed by atoms with Crippen LogP contribution in [0.4, 0.5) is 0 Å². The summed E-state index contributed by atoms with van der Waals surface area (Å²) in [6.45, 7) is 6.33. The Labute approximate surface area is 91.3 Å². The standard InChI is InChI=1S/C11H21NO3/c1-9(2)12-6-3-4-11(13)15-10-5-7-14-8-10/h9-10,12H,3-8H2,1-2H3. The van der Waals surface area contributed by atoms with Gasteiger partial charge in [-0.1, -0.05) is 13.8 Å². The highest BCUT2D eigenvalue weighted by Crippen LogP contribution is 2.09. The average molecular weight is 215 g/mol. The molecule has 1 unspecified atom stereocenters. The second kappa shape index (κ2) is 6.80. The topological polar surface area (TPSA) is 47.6 Å². The molecule has 0 amide bonds. The van der Waals surface area contributed by atoms with E-state index in [1.807, 2.05) is 0 Å². The van der Waals surface area contributed by atoms with Crippen LogP contribution in [0.3, 0.4) is 0 Å². The Morgan fingerprint density at radius 1 is 1.60 bits per heavy atom. The van der Waals surface area contributed by atoms with Gasteiger partial charge in [0.15, 0.2) is 0 Å². The highest BCUT2D eigenvalue weighted by atomic mass is 16.6. The smallest absolute Gasteiger partial charge is 0.306 e. The molecule has 1 saturated heterocycles. The second-order valence-corrected chi connectivity index (χ2v) is 4.19. The van der Waals surface area contributed by atoms with Gasteiger partial charge in [-0.05, 0) is 13.0 Å². The Morgan fingerprint density at radius 2 is 2.40 bits per heavy atom. The lowest BCUT2D eigenvalue weighted by molar-refractivity contribution is -0.149. The molecule has 4 heteroatoms. The van der Waals surface area contributed by atoms with E-state index in [-0.39, 0.29) is 12.1 Å². The maximum atomic E-state index is 11.3. The molecule has 88 valence electrons. The van der Waals surface area contributed by atoms with Crippen molar-refractivity contribution in [2.24, 2.45) is 0 Å². The molecule has 1 N–H and O–H groups in total.